The summed E-state index contributed by atoms with van der Waals surface area (Å²) in [6.45, 7) is -1.95. The molecule has 2 aromatic carbocycles. The highest BCUT2D eigenvalue weighted by Crippen LogP contribution is 2.35. The number of carbonyl (C=O) groups excluding carboxylic acids is 1. The first-order chi connectivity index (χ1) is 15.0. The number of rotatable bonds is 5. The third-order valence-corrected chi connectivity index (χ3v) is 5.47. The number of pyridine rings is 1. The van der Waals surface area contributed by atoms with E-state index in [1.165, 1.54) is 42.6 Å². The number of ketones is 1. The highest BCUT2D eigenvalue weighted by molar-refractivity contribution is 5.98. The van der Waals surface area contributed by atoms with Crippen LogP contribution in [-0.4, -0.2) is 30.5 Å². The van der Waals surface area contributed by atoms with Crippen molar-refractivity contribution in [2.45, 2.75) is 19.5 Å². The van der Waals surface area contributed by atoms with Gasteiger partial charge < -0.3 is 9.64 Å². The molecule has 1 saturated heterocycles. The number of hydrogen-bond donors (Lipinski definition) is 0. The summed E-state index contributed by atoms with van der Waals surface area (Å²) in [4.78, 5) is 19.0. The first-order valence-corrected chi connectivity index (χ1v) is 9.78. The average Bonchev–Trinajstić information content (AvgIpc) is 2.78. The molecule has 8 heteroatoms. The van der Waals surface area contributed by atoms with Gasteiger partial charge in [0.15, 0.2) is 5.78 Å². The Balaban J connectivity index is 1.60. The van der Waals surface area contributed by atoms with E-state index in [4.69, 9.17) is 0 Å². The zero-order valence-electron chi connectivity index (χ0n) is 16.4. The van der Waals surface area contributed by atoms with Crippen molar-refractivity contribution >= 4 is 22.4 Å². The van der Waals surface area contributed by atoms with E-state index in [1.54, 1.807) is 6.07 Å². The molecule has 0 N–H and O–H groups in total. The van der Waals surface area contributed by atoms with Crippen LogP contribution < -0.4 is 9.64 Å². The number of Topliss-reactive ketones (excluding diaryl/α,β-unsaturated/α-hetero) is 1. The average molecular weight is 425 g/mol. The van der Waals surface area contributed by atoms with E-state index in [1.807, 2.05) is 4.90 Å². The number of piperidine rings is 1. The van der Waals surface area contributed by atoms with Crippen LogP contribution in [0.2, 0.25) is 0 Å². The molecule has 4 rings (SSSR count). The Morgan fingerprint density at radius 1 is 1.16 bits per heavy atom. The molecule has 0 bridgehead atoms. The van der Waals surface area contributed by atoms with Gasteiger partial charge in [-0.05, 0) is 55.3 Å². The largest absolute Gasteiger partial charge is 0.435 e. The molecule has 1 aromatic heterocycles. The lowest BCUT2D eigenvalue weighted by Gasteiger charge is -2.34. The lowest BCUT2D eigenvalue weighted by atomic mass is 9.88. The Hall–Kier alpha value is -3.60. The second-order valence-electron chi connectivity index (χ2n) is 7.32. The molecule has 0 amide bonds. The van der Waals surface area contributed by atoms with Crippen LogP contribution in [0.4, 0.5) is 18.9 Å². The molecule has 0 unspecified atom stereocenters. The van der Waals surface area contributed by atoms with Crippen LogP contribution in [0.1, 0.15) is 28.8 Å². The smallest absolute Gasteiger partial charge is 0.387 e. The topological polar surface area (TPSA) is 66.2 Å². The molecule has 158 valence electrons. The van der Waals surface area contributed by atoms with Gasteiger partial charge in [-0.25, -0.2) is 4.39 Å². The van der Waals surface area contributed by atoms with E-state index in [2.05, 4.69) is 15.8 Å². The van der Waals surface area contributed by atoms with Crippen molar-refractivity contribution < 1.29 is 22.7 Å². The zero-order chi connectivity index (χ0) is 22.0. The summed E-state index contributed by atoms with van der Waals surface area (Å²) in [6.07, 6.45) is 2.57. The van der Waals surface area contributed by atoms with E-state index in [-0.39, 0.29) is 17.5 Å². The summed E-state index contributed by atoms with van der Waals surface area (Å²) in [6, 6.07) is 12.1. The second-order valence-corrected chi connectivity index (χ2v) is 7.32. The fraction of sp³-hybridized carbons (Fsp3) is 0.261. The van der Waals surface area contributed by atoms with Crippen molar-refractivity contribution in [3.05, 3.63) is 65.6 Å². The van der Waals surface area contributed by atoms with Gasteiger partial charge in [0, 0.05) is 36.2 Å². The third-order valence-electron chi connectivity index (χ3n) is 5.47. The molecule has 3 aromatic rings. The molecule has 1 fully saturated rings. The van der Waals surface area contributed by atoms with Crippen LogP contribution in [0.3, 0.4) is 0 Å². The van der Waals surface area contributed by atoms with Gasteiger partial charge in [-0.3, -0.25) is 9.78 Å². The van der Waals surface area contributed by atoms with Gasteiger partial charge in [0.1, 0.15) is 17.6 Å². The van der Waals surface area contributed by atoms with Crippen LogP contribution in [-0.2, 0) is 0 Å². The molecule has 1 aliphatic heterocycles. The lowest BCUT2D eigenvalue weighted by molar-refractivity contribution is -0.0497. The summed E-state index contributed by atoms with van der Waals surface area (Å²) in [5.41, 5.74) is 1.95. The summed E-state index contributed by atoms with van der Waals surface area (Å²) >= 11 is 0. The zero-order valence-corrected chi connectivity index (χ0v) is 16.4. The maximum Gasteiger partial charge on any atom is 0.387 e. The number of nitriles is 1. The molecule has 5 nitrogen and oxygen atoms in total. The van der Waals surface area contributed by atoms with Crippen molar-refractivity contribution in [1.29, 1.82) is 5.26 Å². The molecule has 0 aliphatic carbocycles. The van der Waals surface area contributed by atoms with Crippen LogP contribution in [0.25, 0.3) is 10.9 Å². The maximum atomic E-state index is 13.1. The van der Waals surface area contributed by atoms with E-state index in [0.717, 1.165) is 0 Å². The number of alkyl halides is 2. The lowest BCUT2D eigenvalue weighted by Crippen LogP contribution is -2.37. The quantitative estimate of drug-likeness (QED) is 0.542. The molecule has 0 radical (unpaired) electrons. The normalized spacial score (nSPS) is 14.6. The predicted octanol–water partition coefficient (Wildman–Crippen LogP) is 4.95. The van der Waals surface area contributed by atoms with Crippen molar-refractivity contribution in [1.82, 2.24) is 4.98 Å². The second kappa shape index (κ2) is 8.64. The Morgan fingerprint density at radius 3 is 2.52 bits per heavy atom. The van der Waals surface area contributed by atoms with Crippen LogP contribution in [0, 0.1) is 23.1 Å². The fourth-order valence-corrected chi connectivity index (χ4v) is 3.97. The number of carbonyl (C=O) groups is 1. The minimum atomic E-state index is -2.96. The number of anilines is 1. The summed E-state index contributed by atoms with van der Waals surface area (Å²) in [7, 11) is 0. The SMILES string of the molecule is N#Cc1cnc2ccc(OC(F)F)cc2c1N1CCC(C(=O)c2ccc(F)cc2)CC1. The first-order valence-electron chi connectivity index (χ1n) is 9.78. The van der Waals surface area contributed by atoms with Gasteiger partial charge in [-0.15, -0.1) is 0 Å². The van der Waals surface area contributed by atoms with Crippen molar-refractivity contribution in [3.8, 4) is 11.8 Å². The van der Waals surface area contributed by atoms with Crippen LogP contribution in [0.15, 0.2) is 48.7 Å². The van der Waals surface area contributed by atoms with Gasteiger partial charge in [0.05, 0.1) is 16.8 Å². The third kappa shape index (κ3) is 4.31. The van der Waals surface area contributed by atoms with E-state index >= 15 is 0 Å². The molecule has 1 aliphatic rings. The number of ether oxygens (including phenoxy) is 1. The maximum absolute atomic E-state index is 13.1. The molecule has 0 atom stereocenters. The Kier molecular flexibility index (Phi) is 5.76. The molecule has 2 heterocycles. The highest BCUT2D eigenvalue weighted by Gasteiger charge is 2.28. The number of hydrogen-bond acceptors (Lipinski definition) is 5. The van der Waals surface area contributed by atoms with Gasteiger partial charge in [-0.1, -0.05) is 0 Å². The summed E-state index contributed by atoms with van der Waals surface area (Å²) < 4.78 is 42.9. The molecular weight excluding hydrogens is 407 g/mol. The minimum Gasteiger partial charge on any atom is -0.435 e. The number of aromatic nitrogens is 1. The van der Waals surface area contributed by atoms with Crippen LogP contribution >= 0.6 is 0 Å². The molecule has 0 spiro atoms. The van der Waals surface area contributed by atoms with E-state index in [9.17, 15) is 23.2 Å². The molecule has 31 heavy (non-hydrogen) atoms. The van der Waals surface area contributed by atoms with E-state index < -0.39 is 12.4 Å². The van der Waals surface area contributed by atoms with Gasteiger partial charge in [0.25, 0.3) is 0 Å². The van der Waals surface area contributed by atoms with Crippen molar-refractivity contribution in [3.63, 3.8) is 0 Å². The number of benzene rings is 2. The molecule has 0 saturated carbocycles. The summed E-state index contributed by atoms with van der Waals surface area (Å²) in [5, 5.41) is 10.1. The predicted molar refractivity (Wildman–Crippen MR) is 109 cm³/mol. The van der Waals surface area contributed by atoms with Crippen molar-refractivity contribution in [2.75, 3.05) is 18.0 Å². The van der Waals surface area contributed by atoms with Crippen LogP contribution in [0.5, 0.6) is 5.75 Å². The Bertz CT molecular complexity index is 1150. The highest BCUT2D eigenvalue weighted by atomic mass is 19.3. The standard InChI is InChI=1S/C23H18F3N3O2/c24-17-3-1-14(2-4-17)22(30)15-7-9-29(10-8-15)21-16(12-27)13-28-20-6-5-18(11-19(20)21)31-23(25)26/h1-6,11,13,15,23H,7-10H2. The van der Waals surface area contributed by atoms with Gasteiger partial charge >= 0.3 is 6.61 Å². The summed E-state index contributed by atoms with van der Waals surface area (Å²) in [5.74, 6) is -0.650. The minimum absolute atomic E-state index is 0.0120. The van der Waals surface area contributed by atoms with Gasteiger partial charge in [0.2, 0.25) is 0 Å². The number of fused-ring (bicyclic) bond motifs is 1. The Morgan fingerprint density at radius 2 is 1.87 bits per heavy atom. The Labute approximate surface area is 176 Å². The monoisotopic (exact) mass is 425 g/mol. The first kappa shape index (κ1) is 20.7. The van der Waals surface area contributed by atoms with Gasteiger partial charge in [-0.2, -0.15) is 14.0 Å². The van der Waals surface area contributed by atoms with Crippen molar-refractivity contribution in [2.24, 2.45) is 5.92 Å². The number of halogens is 3. The van der Waals surface area contributed by atoms with E-state index in [0.29, 0.717) is 53.6 Å². The number of nitrogens with zero attached hydrogens (tertiary/aromatic N) is 3. The molecular formula is C23H18F3N3O2. The fourth-order valence-electron chi connectivity index (χ4n) is 3.97.